The van der Waals surface area contributed by atoms with Crippen LogP contribution >= 0.6 is 0 Å². The van der Waals surface area contributed by atoms with Crippen LogP contribution in [0.4, 0.5) is 0 Å². The lowest BCUT2D eigenvalue weighted by Crippen LogP contribution is -1.98. The first kappa shape index (κ1) is 12.0. The summed E-state index contributed by atoms with van der Waals surface area (Å²) in [5, 5.41) is 0. The van der Waals surface area contributed by atoms with E-state index in [1.807, 2.05) is 0 Å². The van der Waals surface area contributed by atoms with Crippen molar-refractivity contribution in [1.29, 1.82) is 0 Å². The number of allylic oxidation sites excluding steroid dienone is 2. The molecule has 0 spiro atoms. The molecular formula is C15H22. The molecule has 0 heteroatoms. The van der Waals surface area contributed by atoms with Gasteiger partial charge in [-0.05, 0) is 81.9 Å². The molecule has 0 bridgehead atoms. The average molecular weight is 202 g/mol. The van der Waals surface area contributed by atoms with E-state index in [4.69, 9.17) is 0 Å². The highest BCUT2D eigenvalue weighted by Gasteiger charge is 2.10. The van der Waals surface area contributed by atoms with E-state index >= 15 is 0 Å². The molecule has 0 atom stereocenters. The third kappa shape index (κ3) is 2.14. The first-order valence-electron chi connectivity index (χ1n) is 5.58. The van der Waals surface area contributed by atoms with Crippen LogP contribution < -0.4 is 0 Å². The number of rotatable bonds is 1. The highest BCUT2D eigenvalue weighted by atomic mass is 14.1. The van der Waals surface area contributed by atoms with Gasteiger partial charge < -0.3 is 0 Å². The second-order valence-electron chi connectivity index (χ2n) is 4.76. The molecule has 0 amide bonds. The van der Waals surface area contributed by atoms with Crippen molar-refractivity contribution < 1.29 is 0 Å². The van der Waals surface area contributed by atoms with Gasteiger partial charge in [-0.2, -0.15) is 0 Å². The van der Waals surface area contributed by atoms with E-state index in [9.17, 15) is 0 Å². The second kappa shape index (κ2) is 4.22. The largest absolute Gasteiger partial charge is 0.0729 e. The maximum Gasteiger partial charge on any atom is -0.0164 e. The van der Waals surface area contributed by atoms with Gasteiger partial charge in [0.1, 0.15) is 0 Å². The summed E-state index contributed by atoms with van der Waals surface area (Å²) in [6.07, 6.45) is 0. The summed E-state index contributed by atoms with van der Waals surface area (Å²) in [6, 6.07) is 2.28. The zero-order chi connectivity index (χ0) is 11.7. The van der Waals surface area contributed by atoms with Gasteiger partial charge in [0.15, 0.2) is 0 Å². The molecule has 1 aromatic carbocycles. The van der Waals surface area contributed by atoms with Crippen molar-refractivity contribution in [3.05, 3.63) is 39.5 Å². The van der Waals surface area contributed by atoms with Crippen LogP contribution in [0.1, 0.15) is 48.6 Å². The van der Waals surface area contributed by atoms with E-state index in [0.29, 0.717) is 0 Å². The van der Waals surface area contributed by atoms with E-state index in [-0.39, 0.29) is 0 Å². The lowest BCUT2D eigenvalue weighted by molar-refractivity contribution is 1.20. The quantitative estimate of drug-likeness (QED) is 0.617. The fourth-order valence-electron chi connectivity index (χ4n) is 2.03. The van der Waals surface area contributed by atoms with E-state index in [1.165, 1.54) is 39.0 Å². The zero-order valence-corrected chi connectivity index (χ0v) is 11.1. The molecule has 0 aromatic heterocycles. The Labute approximate surface area is 94.0 Å². The standard InChI is InChI=1S/C15H22/c1-9(2)12(5)15-13(6)10(3)8-11(4)14(15)7/h8H,1-7H3. The van der Waals surface area contributed by atoms with Gasteiger partial charge in [-0.25, -0.2) is 0 Å². The summed E-state index contributed by atoms with van der Waals surface area (Å²) in [7, 11) is 0. The highest BCUT2D eigenvalue weighted by molar-refractivity contribution is 5.73. The molecule has 0 radical (unpaired) electrons. The Kier molecular flexibility index (Phi) is 3.38. The van der Waals surface area contributed by atoms with Crippen LogP contribution in [0.2, 0.25) is 0 Å². The molecule has 0 nitrogen and oxygen atoms in total. The summed E-state index contributed by atoms with van der Waals surface area (Å²) in [5.41, 5.74) is 9.94. The number of aryl methyl sites for hydroxylation is 2. The van der Waals surface area contributed by atoms with Crippen molar-refractivity contribution in [2.45, 2.75) is 48.5 Å². The molecule has 0 fully saturated rings. The summed E-state index contributed by atoms with van der Waals surface area (Å²) in [5.74, 6) is 0. The second-order valence-corrected chi connectivity index (χ2v) is 4.76. The Balaban J connectivity index is 3.61. The fraction of sp³-hybridized carbons (Fsp3) is 0.467. The van der Waals surface area contributed by atoms with Crippen molar-refractivity contribution in [1.82, 2.24) is 0 Å². The van der Waals surface area contributed by atoms with Gasteiger partial charge in [-0.15, -0.1) is 0 Å². The smallest absolute Gasteiger partial charge is 0.0164 e. The summed E-state index contributed by atoms with van der Waals surface area (Å²) in [6.45, 7) is 15.4. The first-order chi connectivity index (χ1) is 6.86. The van der Waals surface area contributed by atoms with Gasteiger partial charge >= 0.3 is 0 Å². The van der Waals surface area contributed by atoms with Crippen LogP contribution in [0.3, 0.4) is 0 Å². The van der Waals surface area contributed by atoms with Gasteiger partial charge in [-0.3, -0.25) is 0 Å². The van der Waals surface area contributed by atoms with E-state index in [2.05, 4.69) is 54.5 Å². The maximum absolute atomic E-state index is 2.28. The van der Waals surface area contributed by atoms with Crippen molar-refractivity contribution in [3.63, 3.8) is 0 Å². The van der Waals surface area contributed by atoms with Gasteiger partial charge in [0.2, 0.25) is 0 Å². The van der Waals surface area contributed by atoms with E-state index in [1.54, 1.807) is 0 Å². The van der Waals surface area contributed by atoms with Crippen LogP contribution in [-0.2, 0) is 0 Å². The molecule has 0 aliphatic carbocycles. The van der Waals surface area contributed by atoms with Gasteiger partial charge in [-0.1, -0.05) is 11.6 Å². The van der Waals surface area contributed by atoms with Crippen molar-refractivity contribution in [2.24, 2.45) is 0 Å². The summed E-state index contributed by atoms with van der Waals surface area (Å²) in [4.78, 5) is 0. The fourth-order valence-corrected chi connectivity index (χ4v) is 2.03. The number of hydrogen-bond acceptors (Lipinski definition) is 0. The average Bonchev–Trinajstić information content (AvgIpc) is 2.15. The van der Waals surface area contributed by atoms with Gasteiger partial charge in [0.05, 0.1) is 0 Å². The Morgan fingerprint density at radius 3 is 1.53 bits per heavy atom. The Hall–Kier alpha value is -1.04. The minimum atomic E-state index is 1.40. The molecule has 1 rings (SSSR count). The molecule has 0 N–H and O–H groups in total. The normalized spacial score (nSPS) is 10.3. The Bertz CT molecular complexity index is 390. The lowest BCUT2D eigenvalue weighted by Gasteiger charge is -2.17. The summed E-state index contributed by atoms with van der Waals surface area (Å²) < 4.78 is 0. The SMILES string of the molecule is CC(C)=C(C)c1c(C)c(C)cc(C)c1C. The molecule has 0 heterocycles. The van der Waals surface area contributed by atoms with Gasteiger partial charge in [0.25, 0.3) is 0 Å². The maximum atomic E-state index is 2.28. The Morgan fingerprint density at radius 2 is 1.20 bits per heavy atom. The summed E-state index contributed by atoms with van der Waals surface area (Å²) >= 11 is 0. The molecule has 15 heavy (non-hydrogen) atoms. The molecule has 0 saturated carbocycles. The first-order valence-corrected chi connectivity index (χ1v) is 5.58. The molecule has 0 unspecified atom stereocenters. The number of benzene rings is 1. The Morgan fingerprint density at radius 1 is 0.800 bits per heavy atom. The van der Waals surface area contributed by atoms with Gasteiger partial charge in [0, 0.05) is 0 Å². The molecule has 0 saturated heterocycles. The van der Waals surface area contributed by atoms with Crippen LogP contribution in [0.5, 0.6) is 0 Å². The van der Waals surface area contributed by atoms with Crippen molar-refractivity contribution in [3.8, 4) is 0 Å². The minimum Gasteiger partial charge on any atom is -0.0729 e. The third-order valence-corrected chi connectivity index (χ3v) is 3.49. The zero-order valence-electron chi connectivity index (χ0n) is 11.1. The molecule has 0 aliphatic heterocycles. The highest BCUT2D eigenvalue weighted by Crippen LogP contribution is 2.29. The number of hydrogen-bond donors (Lipinski definition) is 0. The lowest BCUT2D eigenvalue weighted by atomic mass is 9.88. The molecular weight excluding hydrogens is 180 g/mol. The van der Waals surface area contributed by atoms with Crippen LogP contribution in [0.15, 0.2) is 11.6 Å². The monoisotopic (exact) mass is 202 g/mol. The van der Waals surface area contributed by atoms with E-state index < -0.39 is 0 Å². The topological polar surface area (TPSA) is 0 Å². The predicted molar refractivity (Wildman–Crippen MR) is 69.3 cm³/mol. The van der Waals surface area contributed by atoms with Crippen LogP contribution in [0.25, 0.3) is 5.57 Å². The van der Waals surface area contributed by atoms with Crippen molar-refractivity contribution >= 4 is 5.57 Å². The third-order valence-electron chi connectivity index (χ3n) is 3.49. The minimum absolute atomic E-state index is 1.40. The van der Waals surface area contributed by atoms with Crippen molar-refractivity contribution in [2.75, 3.05) is 0 Å². The predicted octanol–water partition coefficient (Wildman–Crippen LogP) is 4.73. The van der Waals surface area contributed by atoms with E-state index in [0.717, 1.165) is 0 Å². The van der Waals surface area contributed by atoms with Crippen LogP contribution in [0, 0.1) is 27.7 Å². The van der Waals surface area contributed by atoms with Crippen LogP contribution in [-0.4, -0.2) is 0 Å². The molecule has 1 aromatic rings. The molecule has 82 valence electrons. The molecule has 0 aliphatic rings.